The molecule has 2 aromatic rings. The molecule has 0 aliphatic carbocycles. The van der Waals surface area contributed by atoms with E-state index in [4.69, 9.17) is 0 Å². The molecule has 0 saturated carbocycles. The fourth-order valence-electron chi connectivity index (χ4n) is 2.84. The quantitative estimate of drug-likeness (QED) is 0.889. The second-order valence-corrected chi connectivity index (χ2v) is 6.74. The highest BCUT2D eigenvalue weighted by molar-refractivity contribution is 7.11. The number of hydrogen-bond acceptors (Lipinski definition) is 6. The zero-order chi connectivity index (χ0) is 16.3. The number of aliphatic hydroxyl groups is 1. The number of β-amino-alcohol motifs (C(OH)–C–C–N with tert-alkyl or cyclic N) is 1. The molecule has 2 N–H and O–H groups in total. The number of pyridine rings is 1. The summed E-state index contributed by atoms with van der Waals surface area (Å²) in [5.74, 6) is 0.684. The SMILES string of the molecule is Cc1ncsc1C(=O)NCC1(O)CCCN(c2ccccn2)C1. The molecule has 3 heterocycles. The van der Waals surface area contributed by atoms with E-state index < -0.39 is 5.60 Å². The number of anilines is 1. The molecule has 2 aromatic heterocycles. The van der Waals surface area contributed by atoms with Crippen molar-refractivity contribution in [2.45, 2.75) is 25.4 Å². The smallest absolute Gasteiger partial charge is 0.263 e. The maximum Gasteiger partial charge on any atom is 0.263 e. The van der Waals surface area contributed by atoms with Crippen molar-refractivity contribution < 1.29 is 9.90 Å². The van der Waals surface area contributed by atoms with Gasteiger partial charge in [0.25, 0.3) is 5.91 Å². The van der Waals surface area contributed by atoms with E-state index in [2.05, 4.69) is 20.2 Å². The van der Waals surface area contributed by atoms with Crippen LogP contribution in [0, 0.1) is 6.92 Å². The lowest BCUT2D eigenvalue weighted by atomic mass is 9.92. The van der Waals surface area contributed by atoms with Gasteiger partial charge < -0.3 is 15.3 Å². The highest BCUT2D eigenvalue weighted by Crippen LogP contribution is 2.24. The number of piperidine rings is 1. The van der Waals surface area contributed by atoms with E-state index in [1.807, 2.05) is 25.1 Å². The Labute approximate surface area is 139 Å². The summed E-state index contributed by atoms with van der Waals surface area (Å²) in [5.41, 5.74) is 1.44. The molecule has 1 fully saturated rings. The highest BCUT2D eigenvalue weighted by atomic mass is 32.1. The third kappa shape index (κ3) is 3.68. The number of rotatable bonds is 4. The average molecular weight is 332 g/mol. The monoisotopic (exact) mass is 332 g/mol. The van der Waals surface area contributed by atoms with Gasteiger partial charge in [-0.15, -0.1) is 11.3 Å². The Morgan fingerprint density at radius 2 is 2.35 bits per heavy atom. The van der Waals surface area contributed by atoms with Crippen LogP contribution in [0.1, 0.15) is 28.2 Å². The summed E-state index contributed by atoms with van der Waals surface area (Å²) in [5, 5.41) is 13.7. The fraction of sp³-hybridized carbons (Fsp3) is 0.438. The van der Waals surface area contributed by atoms with Crippen molar-refractivity contribution >= 4 is 23.1 Å². The molecule has 1 unspecified atom stereocenters. The molecule has 1 aliphatic heterocycles. The minimum Gasteiger partial charge on any atom is -0.386 e. The first-order valence-electron chi connectivity index (χ1n) is 7.64. The van der Waals surface area contributed by atoms with Crippen LogP contribution in [0.4, 0.5) is 5.82 Å². The molecule has 0 bridgehead atoms. The van der Waals surface area contributed by atoms with Crippen LogP contribution < -0.4 is 10.2 Å². The molecular weight excluding hydrogens is 312 g/mol. The number of nitrogens with one attached hydrogen (secondary N) is 1. The molecule has 3 rings (SSSR count). The number of carbonyl (C=O) groups is 1. The molecule has 1 saturated heterocycles. The van der Waals surface area contributed by atoms with Gasteiger partial charge >= 0.3 is 0 Å². The van der Waals surface area contributed by atoms with Gasteiger partial charge in [-0.3, -0.25) is 4.79 Å². The lowest BCUT2D eigenvalue weighted by Crippen LogP contribution is -2.54. The summed E-state index contributed by atoms with van der Waals surface area (Å²) in [6.07, 6.45) is 3.28. The Morgan fingerprint density at radius 3 is 3.04 bits per heavy atom. The predicted octanol–water partition coefficient (Wildman–Crippen LogP) is 1.61. The number of hydrogen-bond donors (Lipinski definition) is 2. The normalized spacial score (nSPS) is 21.2. The van der Waals surface area contributed by atoms with E-state index in [0.717, 1.165) is 24.5 Å². The van der Waals surface area contributed by atoms with Gasteiger partial charge in [-0.25, -0.2) is 9.97 Å². The molecule has 1 atom stereocenters. The van der Waals surface area contributed by atoms with Crippen molar-refractivity contribution in [3.8, 4) is 0 Å². The van der Waals surface area contributed by atoms with Crippen molar-refractivity contribution in [1.82, 2.24) is 15.3 Å². The largest absolute Gasteiger partial charge is 0.386 e. The summed E-state index contributed by atoms with van der Waals surface area (Å²) in [6, 6.07) is 5.74. The van der Waals surface area contributed by atoms with Crippen LogP contribution in [0.15, 0.2) is 29.9 Å². The fourth-order valence-corrected chi connectivity index (χ4v) is 3.56. The molecule has 0 aromatic carbocycles. The predicted molar refractivity (Wildman–Crippen MR) is 89.8 cm³/mol. The number of thiazole rings is 1. The van der Waals surface area contributed by atoms with Gasteiger partial charge in [0.15, 0.2) is 0 Å². The van der Waals surface area contributed by atoms with E-state index in [1.165, 1.54) is 11.3 Å². The third-order valence-corrected chi connectivity index (χ3v) is 4.99. The average Bonchev–Trinajstić information content (AvgIpc) is 3.00. The Balaban J connectivity index is 1.62. The molecule has 0 spiro atoms. The van der Waals surface area contributed by atoms with Crippen LogP contribution in [0.25, 0.3) is 0 Å². The van der Waals surface area contributed by atoms with E-state index >= 15 is 0 Å². The number of carbonyl (C=O) groups excluding carboxylic acids is 1. The van der Waals surface area contributed by atoms with Crippen LogP contribution >= 0.6 is 11.3 Å². The Morgan fingerprint density at radius 1 is 1.48 bits per heavy atom. The van der Waals surface area contributed by atoms with Crippen molar-refractivity contribution in [3.05, 3.63) is 40.5 Å². The van der Waals surface area contributed by atoms with E-state index in [-0.39, 0.29) is 12.5 Å². The maximum absolute atomic E-state index is 12.2. The molecule has 1 amide bonds. The zero-order valence-electron chi connectivity index (χ0n) is 13.0. The summed E-state index contributed by atoms with van der Waals surface area (Å²) in [4.78, 5) is 23.3. The molecule has 6 nitrogen and oxygen atoms in total. The maximum atomic E-state index is 12.2. The number of aromatic nitrogens is 2. The van der Waals surface area contributed by atoms with Gasteiger partial charge in [-0.2, -0.15) is 0 Å². The van der Waals surface area contributed by atoms with Gasteiger partial charge in [0.2, 0.25) is 0 Å². The van der Waals surface area contributed by atoms with Gasteiger partial charge in [0.05, 0.1) is 16.8 Å². The van der Waals surface area contributed by atoms with Gasteiger partial charge in [0.1, 0.15) is 10.7 Å². The lowest BCUT2D eigenvalue weighted by molar-refractivity contribution is 0.0255. The van der Waals surface area contributed by atoms with Gasteiger partial charge in [-0.1, -0.05) is 6.07 Å². The van der Waals surface area contributed by atoms with Crippen LogP contribution in [0.3, 0.4) is 0 Å². The van der Waals surface area contributed by atoms with Crippen molar-refractivity contribution in [3.63, 3.8) is 0 Å². The van der Waals surface area contributed by atoms with Crippen LogP contribution in [0.2, 0.25) is 0 Å². The second kappa shape index (κ2) is 6.64. The topological polar surface area (TPSA) is 78.3 Å². The van der Waals surface area contributed by atoms with Crippen molar-refractivity contribution in [2.75, 3.05) is 24.5 Å². The molecule has 23 heavy (non-hydrogen) atoms. The van der Waals surface area contributed by atoms with E-state index in [1.54, 1.807) is 11.7 Å². The number of nitrogens with zero attached hydrogens (tertiary/aromatic N) is 3. The minimum absolute atomic E-state index is 0.173. The number of aryl methyl sites for hydroxylation is 1. The molecule has 0 radical (unpaired) electrons. The third-order valence-electron chi connectivity index (χ3n) is 4.06. The summed E-state index contributed by atoms with van der Waals surface area (Å²) >= 11 is 1.32. The van der Waals surface area contributed by atoms with E-state index in [0.29, 0.717) is 17.8 Å². The van der Waals surface area contributed by atoms with Crippen molar-refractivity contribution in [2.24, 2.45) is 0 Å². The van der Waals surface area contributed by atoms with Gasteiger partial charge in [0, 0.05) is 25.8 Å². The Bertz CT molecular complexity index is 676. The van der Waals surface area contributed by atoms with Crippen LogP contribution in [-0.2, 0) is 0 Å². The van der Waals surface area contributed by atoms with Crippen LogP contribution in [0.5, 0.6) is 0 Å². The molecular formula is C16H20N4O2S. The Kier molecular flexibility index (Phi) is 4.58. The summed E-state index contributed by atoms with van der Waals surface area (Å²) in [7, 11) is 0. The number of amides is 1. The molecule has 1 aliphatic rings. The second-order valence-electron chi connectivity index (χ2n) is 5.89. The van der Waals surface area contributed by atoms with E-state index in [9.17, 15) is 9.90 Å². The molecule has 7 heteroatoms. The standard InChI is InChI=1S/C16H20N4O2S/c1-12-14(23-11-19-12)15(21)18-9-16(22)6-4-8-20(10-16)13-5-2-3-7-17-13/h2-3,5,7,11,22H,4,6,8-10H2,1H3,(H,18,21). The lowest BCUT2D eigenvalue weighted by Gasteiger charge is -2.39. The first-order chi connectivity index (χ1) is 11.1. The van der Waals surface area contributed by atoms with Crippen molar-refractivity contribution in [1.29, 1.82) is 0 Å². The summed E-state index contributed by atoms with van der Waals surface area (Å²) in [6.45, 7) is 3.36. The summed E-state index contributed by atoms with van der Waals surface area (Å²) < 4.78 is 0. The highest BCUT2D eigenvalue weighted by Gasteiger charge is 2.34. The minimum atomic E-state index is -0.940. The Hall–Kier alpha value is -1.99. The first kappa shape index (κ1) is 15.9. The van der Waals surface area contributed by atoms with Gasteiger partial charge in [-0.05, 0) is 31.9 Å². The van der Waals surface area contributed by atoms with Crippen LogP contribution in [-0.4, -0.2) is 46.2 Å². The molecule has 122 valence electrons. The first-order valence-corrected chi connectivity index (χ1v) is 8.52. The zero-order valence-corrected chi connectivity index (χ0v) is 13.8.